The van der Waals surface area contributed by atoms with Gasteiger partial charge < -0.3 is 14.7 Å². The molecule has 1 aromatic heterocycles. The predicted octanol–water partition coefficient (Wildman–Crippen LogP) is 7.00. The minimum Gasteiger partial charge on any atom is -0.446 e. The number of aliphatic hydroxyl groups is 1. The summed E-state index contributed by atoms with van der Waals surface area (Å²) in [5.41, 5.74) is -4.91. The van der Waals surface area contributed by atoms with Gasteiger partial charge in [0.25, 0.3) is 5.95 Å². The third-order valence-corrected chi connectivity index (χ3v) is 7.10. The van der Waals surface area contributed by atoms with Crippen molar-refractivity contribution in [2.75, 3.05) is 16.4 Å². The maximum absolute atomic E-state index is 13.9. The summed E-state index contributed by atoms with van der Waals surface area (Å²) >= 11 is 0. The smallest absolute Gasteiger partial charge is 0.416 e. The minimum absolute atomic E-state index is 0.0138. The molecular formula is C28H29F9N6O3. The number of nitrogens with zero attached hydrogens (tertiary/aromatic N) is 6. The number of halogens is 9. The van der Waals surface area contributed by atoms with Crippen LogP contribution in [0.2, 0.25) is 0 Å². The van der Waals surface area contributed by atoms with Crippen molar-refractivity contribution in [2.24, 2.45) is 0 Å². The van der Waals surface area contributed by atoms with Crippen molar-refractivity contribution in [3.63, 3.8) is 0 Å². The Morgan fingerprint density at radius 1 is 0.978 bits per heavy atom. The molecule has 3 aromatic rings. The van der Waals surface area contributed by atoms with Gasteiger partial charge in [0.2, 0.25) is 0 Å². The van der Waals surface area contributed by atoms with Crippen molar-refractivity contribution in [1.29, 1.82) is 0 Å². The van der Waals surface area contributed by atoms with Crippen LogP contribution in [-0.2, 0) is 36.4 Å². The monoisotopic (exact) mass is 668 g/mol. The minimum atomic E-state index is -5.16. The Kier molecular flexibility index (Phi) is 9.80. The molecule has 18 heteroatoms. The molecule has 1 N–H and O–H groups in total. The van der Waals surface area contributed by atoms with Gasteiger partial charge in [0.15, 0.2) is 0 Å². The van der Waals surface area contributed by atoms with Gasteiger partial charge in [0.1, 0.15) is 0 Å². The molecule has 0 aliphatic carbocycles. The fraction of sp³-hybridized carbons (Fsp3) is 0.500. The first kappa shape index (κ1) is 34.8. The normalized spacial score (nSPS) is 17.3. The van der Waals surface area contributed by atoms with Gasteiger partial charge in [-0.3, -0.25) is 4.90 Å². The van der Waals surface area contributed by atoms with Gasteiger partial charge in [0.05, 0.1) is 41.1 Å². The number of aryl methyl sites for hydroxylation is 1. The van der Waals surface area contributed by atoms with E-state index in [0.717, 1.165) is 32.8 Å². The number of fused-ring (bicyclic) bond motifs is 1. The summed E-state index contributed by atoms with van der Waals surface area (Å²) in [6.07, 6.45) is -16.6. The number of anilines is 2. The van der Waals surface area contributed by atoms with E-state index in [-0.39, 0.29) is 49.3 Å². The largest absolute Gasteiger partial charge is 0.446 e. The summed E-state index contributed by atoms with van der Waals surface area (Å²) < 4.78 is 129. The number of amides is 1. The second-order valence-corrected chi connectivity index (χ2v) is 11.0. The van der Waals surface area contributed by atoms with E-state index in [1.165, 1.54) is 0 Å². The van der Waals surface area contributed by atoms with Crippen molar-refractivity contribution in [2.45, 2.75) is 83.4 Å². The molecule has 2 aromatic carbocycles. The van der Waals surface area contributed by atoms with Gasteiger partial charge >= 0.3 is 24.6 Å². The van der Waals surface area contributed by atoms with Crippen molar-refractivity contribution in [3.8, 4) is 0 Å². The van der Waals surface area contributed by atoms with Gasteiger partial charge in [-0.1, -0.05) is 5.10 Å². The Bertz CT molecular complexity index is 1510. The molecule has 0 fully saturated rings. The predicted molar refractivity (Wildman–Crippen MR) is 145 cm³/mol. The van der Waals surface area contributed by atoms with Gasteiger partial charge in [-0.25, -0.2) is 4.79 Å². The van der Waals surface area contributed by atoms with Crippen LogP contribution < -0.4 is 9.80 Å². The highest BCUT2D eigenvalue weighted by atomic mass is 19.4. The molecular weight excluding hydrogens is 639 g/mol. The SMILES string of the molecule is CC(C)OC(=O)N1c2ccc(C(F)(F)F)cc2[C@H](N(Cc2cc(C(F)(F)F)cc(C(F)(F)F)c2)c2nnn(CCCO)n2)C[C@@H]1C. The van der Waals surface area contributed by atoms with Crippen LogP contribution in [0.4, 0.5) is 55.9 Å². The first-order valence-electron chi connectivity index (χ1n) is 13.9. The van der Waals surface area contributed by atoms with Crippen molar-refractivity contribution in [1.82, 2.24) is 20.2 Å². The molecule has 9 nitrogen and oxygen atoms in total. The van der Waals surface area contributed by atoms with E-state index in [9.17, 15) is 44.3 Å². The average molecular weight is 669 g/mol. The molecule has 2 heterocycles. The van der Waals surface area contributed by atoms with Crippen LogP contribution in [0.5, 0.6) is 0 Å². The molecule has 0 saturated heterocycles. The van der Waals surface area contributed by atoms with Crippen LogP contribution in [0.1, 0.15) is 67.5 Å². The molecule has 4 rings (SSSR count). The van der Waals surface area contributed by atoms with Crippen molar-refractivity contribution in [3.05, 3.63) is 64.2 Å². The lowest BCUT2D eigenvalue weighted by Gasteiger charge is -2.43. The molecule has 0 bridgehead atoms. The quantitative estimate of drug-likeness (QED) is 0.258. The number of tetrazole rings is 1. The molecule has 0 spiro atoms. The summed E-state index contributed by atoms with van der Waals surface area (Å²) in [7, 11) is 0. The number of aliphatic hydroxyl groups excluding tert-OH is 1. The maximum atomic E-state index is 13.9. The molecule has 0 unspecified atom stereocenters. The molecule has 1 aliphatic rings. The van der Waals surface area contributed by atoms with Gasteiger partial charge in [-0.05, 0) is 86.4 Å². The number of aromatic nitrogens is 4. The van der Waals surface area contributed by atoms with Crippen molar-refractivity contribution < 1.29 is 54.2 Å². The zero-order valence-corrected chi connectivity index (χ0v) is 24.6. The number of alkyl halides is 9. The molecule has 0 radical (unpaired) electrons. The molecule has 1 amide bonds. The third-order valence-electron chi connectivity index (χ3n) is 7.10. The van der Waals surface area contributed by atoms with E-state index in [0.29, 0.717) is 12.1 Å². The fourth-order valence-electron chi connectivity index (χ4n) is 5.13. The van der Waals surface area contributed by atoms with E-state index in [4.69, 9.17) is 9.84 Å². The lowest BCUT2D eigenvalue weighted by molar-refractivity contribution is -0.143. The second-order valence-electron chi connectivity index (χ2n) is 11.0. The van der Waals surface area contributed by atoms with E-state index in [2.05, 4.69) is 15.4 Å². The van der Waals surface area contributed by atoms with Gasteiger partial charge in [0, 0.05) is 19.2 Å². The topological polar surface area (TPSA) is 96.6 Å². The van der Waals surface area contributed by atoms with Crippen LogP contribution in [-0.4, -0.2) is 50.2 Å². The molecule has 0 saturated carbocycles. The first-order chi connectivity index (χ1) is 21.3. The number of hydrogen-bond acceptors (Lipinski definition) is 7. The van der Waals surface area contributed by atoms with Crippen LogP contribution in [0.15, 0.2) is 36.4 Å². The lowest BCUT2D eigenvalue weighted by atomic mass is 9.89. The van der Waals surface area contributed by atoms with E-state index in [1.54, 1.807) is 20.8 Å². The lowest BCUT2D eigenvalue weighted by Crippen LogP contribution is -2.47. The second kappa shape index (κ2) is 13.0. The molecule has 1 aliphatic heterocycles. The van der Waals surface area contributed by atoms with Gasteiger partial charge in [-0.15, -0.1) is 5.10 Å². The number of carbonyl (C=O) groups is 1. The van der Waals surface area contributed by atoms with Gasteiger partial charge in [-0.2, -0.15) is 44.3 Å². The Labute approximate surface area is 256 Å². The molecule has 2 atom stereocenters. The summed E-state index contributed by atoms with van der Waals surface area (Å²) in [4.78, 5) is 16.4. The number of benzene rings is 2. The number of carbonyl (C=O) groups excluding carboxylic acids is 1. The van der Waals surface area contributed by atoms with E-state index >= 15 is 0 Å². The highest BCUT2D eigenvalue weighted by Gasteiger charge is 2.42. The van der Waals surface area contributed by atoms with E-state index in [1.807, 2.05) is 0 Å². The van der Waals surface area contributed by atoms with Crippen LogP contribution in [0.25, 0.3) is 0 Å². The standard InChI is InChI=1S/C28H29F9N6O3/c1-15(2)46-25(45)43-16(3)9-23(21-13-18(26(29,30)31)5-6-22(21)43)41(24-38-40-42(39-24)7-4-8-44)14-17-10-19(27(32,33)34)12-20(11-17)28(35,36)37/h5-6,10-13,15-16,23,44H,4,7-9,14H2,1-3H3/t16-,23+/m0/s1. The Balaban J connectivity index is 1.92. The Morgan fingerprint density at radius 3 is 2.13 bits per heavy atom. The zero-order valence-electron chi connectivity index (χ0n) is 24.6. The van der Waals surface area contributed by atoms with E-state index < -0.39 is 71.6 Å². The summed E-state index contributed by atoms with van der Waals surface area (Å²) in [6, 6.07) is 1.56. The number of hydrogen-bond donors (Lipinski definition) is 1. The fourth-order valence-corrected chi connectivity index (χ4v) is 5.13. The van der Waals surface area contributed by atoms with Crippen LogP contribution in [0, 0.1) is 0 Å². The van der Waals surface area contributed by atoms with Crippen LogP contribution in [0.3, 0.4) is 0 Å². The zero-order chi connectivity index (χ0) is 34.2. The Hall–Kier alpha value is -4.09. The Morgan fingerprint density at radius 2 is 1.59 bits per heavy atom. The molecule has 252 valence electrons. The number of rotatable bonds is 8. The van der Waals surface area contributed by atoms with Crippen LogP contribution >= 0.6 is 0 Å². The summed E-state index contributed by atoms with van der Waals surface area (Å²) in [6.45, 7) is 3.75. The summed E-state index contributed by atoms with van der Waals surface area (Å²) in [5.74, 6) is -0.317. The summed E-state index contributed by atoms with van der Waals surface area (Å²) in [5, 5.41) is 21.1. The molecule has 46 heavy (non-hydrogen) atoms. The third kappa shape index (κ3) is 7.82. The first-order valence-corrected chi connectivity index (χ1v) is 13.9. The highest BCUT2D eigenvalue weighted by Crippen LogP contribution is 2.45. The number of ether oxygens (including phenoxy) is 1. The highest BCUT2D eigenvalue weighted by molar-refractivity contribution is 5.90. The maximum Gasteiger partial charge on any atom is 0.416 e. The average Bonchev–Trinajstić information content (AvgIpc) is 3.40. The van der Waals surface area contributed by atoms with Crippen molar-refractivity contribution >= 4 is 17.7 Å².